The third-order valence-electron chi connectivity index (χ3n) is 2.96. The van der Waals surface area contributed by atoms with Crippen LogP contribution in [-0.4, -0.2) is 42.3 Å². The highest BCUT2D eigenvalue weighted by molar-refractivity contribution is 7.88. The topological polar surface area (TPSA) is 76.3 Å². The standard InChI is InChI=1S/C9H12F3N3O3S/c1-19(16,17)15-4-2-6(3-5-15)7-13-14-8(18-7)9(10,11)12/h6H,2-5H2,1H3. The highest BCUT2D eigenvalue weighted by Gasteiger charge is 2.39. The molecule has 0 atom stereocenters. The van der Waals surface area contributed by atoms with Crippen LogP contribution in [-0.2, 0) is 16.2 Å². The van der Waals surface area contributed by atoms with E-state index in [1.165, 1.54) is 4.31 Å². The molecule has 10 heteroatoms. The molecule has 0 unspecified atom stereocenters. The van der Waals surface area contributed by atoms with Gasteiger partial charge >= 0.3 is 12.1 Å². The zero-order chi connectivity index (χ0) is 14.3. The predicted octanol–water partition coefficient (Wildman–Crippen LogP) is 1.23. The summed E-state index contributed by atoms with van der Waals surface area (Å²) in [4.78, 5) is 0. The van der Waals surface area contributed by atoms with Crippen LogP contribution in [0, 0.1) is 0 Å². The van der Waals surface area contributed by atoms with Gasteiger partial charge in [-0.15, -0.1) is 10.2 Å². The van der Waals surface area contributed by atoms with Gasteiger partial charge in [-0.25, -0.2) is 12.7 Å². The third-order valence-corrected chi connectivity index (χ3v) is 4.26. The van der Waals surface area contributed by atoms with Gasteiger partial charge in [0.2, 0.25) is 15.9 Å². The lowest BCUT2D eigenvalue weighted by atomic mass is 9.98. The summed E-state index contributed by atoms with van der Waals surface area (Å²) in [6, 6.07) is 0. The van der Waals surface area contributed by atoms with Crippen LogP contribution in [0.15, 0.2) is 4.42 Å². The van der Waals surface area contributed by atoms with Gasteiger partial charge in [0, 0.05) is 19.0 Å². The van der Waals surface area contributed by atoms with Crippen molar-refractivity contribution in [1.82, 2.24) is 14.5 Å². The Labute approximate surface area is 107 Å². The van der Waals surface area contributed by atoms with Gasteiger partial charge in [0.05, 0.1) is 6.26 Å². The maximum Gasteiger partial charge on any atom is 0.470 e. The first-order chi connectivity index (χ1) is 8.68. The van der Waals surface area contributed by atoms with E-state index in [4.69, 9.17) is 0 Å². The molecule has 2 heterocycles. The number of hydrogen-bond donors (Lipinski definition) is 0. The summed E-state index contributed by atoms with van der Waals surface area (Å²) in [5, 5.41) is 6.35. The van der Waals surface area contributed by atoms with Crippen molar-refractivity contribution < 1.29 is 26.0 Å². The Kier molecular flexibility index (Phi) is 3.56. The number of sulfonamides is 1. The molecule has 1 aliphatic heterocycles. The monoisotopic (exact) mass is 299 g/mol. The highest BCUT2D eigenvalue weighted by atomic mass is 32.2. The van der Waals surface area contributed by atoms with E-state index in [2.05, 4.69) is 14.6 Å². The number of hydrogen-bond acceptors (Lipinski definition) is 5. The van der Waals surface area contributed by atoms with E-state index in [1.807, 2.05) is 0 Å². The maximum atomic E-state index is 12.3. The Morgan fingerprint density at radius 2 is 1.84 bits per heavy atom. The normalized spacial score (nSPS) is 19.8. The van der Waals surface area contributed by atoms with Crippen LogP contribution in [0.5, 0.6) is 0 Å². The lowest BCUT2D eigenvalue weighted by Gasteiger charge is -2.28. The van der Waals surface area contributed by atoms with Crippen molar-refractivity contribution in [2.75, 3.05) is 19.3 Å². The lowest BCUT2D eigenvalue weighted by Crippen LogP contribution is -2.37. The second-order valence-corrected chi connectivity index (χ2v) is 6.36. The molecule has 6 nitrogen and oxygen atoms in total. The molecule has 0 aliphatic carbocycles. The van der Waals surface area contributed by atoms with Crippen LogP contribution in [0.25, 0.3) is 0 Å². The Hall–Kier alpha value is -1.16. The summed E-state index contributed by atoms with van der Waals surface area (Å²) in [6.45, 7) is 0.487. The molecule has 0 aromatic carbocycles. The number of alkyl halides is 3. The van der Waals surface area contributed by atoms with E-state index < -0.39 is 22.1 Å². The number of rotatable bonds is 2. The molecule has 1 saturated heterocycles. The molecule has 0 amide bonds. The molecule has 108 valence electrons. The highest BCUT2D eigenvalue weighted by Crippen LogP contribution is 2.32. The van der Waals surface area contributed by atoms with Gasteiger partial charge in [0.15, 0.2) is 0 Å². The maximum absolute atomic E-state index is 12.3. The fourth-order valence-corrected chi connectivity index (χ4v) is 2.82. The van der Waals surface area contributed by atoms with E-state index in [0.717, 1.165) is 6.26 Å². The number of nitrogens with zero attached hydrogens (tertiary/aromatic N) is 3. The van der Waals surface area contributed by atoms with Crippen LogP contribution < -0.4 is 0 Å². The molecule has 2 rings (SSSR count). The quantitative estimate of drug-likeness (QED) is 0.821. The molecule has 0 spiro atoms. The molecular formula is C9H12F3N3O3S. The van der Waals surface area contributed by atoms with Crippen molar-refractivity contribution in [2.45, 2.75) is 24.9 Å². The Morgan fingerprint density at radius 1 is 1.26 bits per heavy atom. The molecule has 1 aromatic rings. The fraction of sp³-hybridized carbons (Fsp3) is 0.778. The van der Waals surface area contributed by atoms with Gasteiger partial charge in [-0.3, -0.25) is 0 Å². The molecular weight excluding hydrogens is 287 g/mol. The third kappa shape index (κ3) is 3.24. The van der Waals surface area contributed by atoms with Crippen molar-refractivity contribution in [2.24, 2.45) is 0 Å². The van der Waals surface area contributed by atoms with Crippen LogP contribution in [0.2, 0.25) is 0 Å². The van der Waals surface area contributed by atoms with Crippen molar-refractivity contribution in [3.8, 4) is 0 Å². The number of aromatic nitrogens is 2. The molecule has 1 fully saturated rings. The Morgan fingerprint density at radius 3 is 2.26 bits per heavy atom. The fourth-order valence-electron chi connectivity index (χ4n) is 1.95. The summed E-state index contributed by atoms with van der Waals surface area (Å²) in [5.41, 5.74) is 0. The van der Waals surface area contributed by atoms with Crippen molar-refractivity contribution in [1.29, 1.82) is 0 Å². The minimum atomic E-state index is -4.65. The van der Waals surface area contributed by atoms with E-state index in [1.54, 1.807) is 0 Å². The van der Waals surface area contributed by atoms with Gasteiger partial charge < -0.3 is 4.42 Å². The van der Waals surface area contributed by atoms with E-state index in [0.29, 0.717) is 12.8 Å². The van der Waals surface area contributed by atoms with Crippen LogP contribution >= 0.6 is 0 Å². The van der Waals surface area contributed by atoms with Crippen molar-refractivity contribution in [3.63, 3.8) is 0 Å². The molecule has 0 bridgehead atoms. The van der Waals surface area contributed by atoms with Gasteiger partial charge in [0.25, 0.3) is 0 Å². The molecule has 0 N–H and O–H groups in total. The number of piperidine rings is 1. The molecule has 0 radical (unpaired) electrons. The Balaban J connectivity index is 2.04. The van der Waals surface area contributed by atoms with Gasteiger partial charge in [-0.05, 0) is 12.8 Å². The molecule has 1 aliphatic rings. The van der Waals surface area contributed by atoms with Gasteiger partial charge in [-0.2, -0.15) is 13.2 Å². The first-order valence-corrected chi connectivity index (χ1v) is 7.38. The van der Waals surface area contributed by atoms with Crippen LogP contribution in [0.1, 0.15) is 30.5 Å². The van der Waals surface area contributed by atoms with E-state index in [9.17, 15) is 21.6 Å². The summed E-state index contributed by atoms with van der Waals surface area (Å²) >= 11 is 0. The number of halogens is 3. The van der Waals surface area contributed by atoms with Crippen molar-refractivity contribution >= 4 is 10.0 Å². The summed E-state index contributed by atoms with van der Waals surface area (Å²) in [7, 11) is -3.26. The Bertz CT molecular complexity index is 547. The molecule has 19 heavy (non-hydrogen) atoms. The van der Waals surface area contributed by atoms with Gasteiger partial charge in [-0.1, -0.05) is 0 Å². The van der Waals surface area contributed by atoms with Crippen LogP contribution in [0.3, 0.4) is 0 Å². The van der Waals surface area contributed by atoms with Crippen LogP contribution in [0.4, 0.5) is 13.2 Å². The average molecular weight is 299 g/mol. The minimum absolute atomic E-state index is 0.0829. The first-order valence-electron chi connectivity index (χ1n) is 5.53. The zero-order valence-electron chi connectivity index (χ0n) is 10.0. The second-order valence-electron chi connectivity index (χ2n) is 4.38. The van der Waals surface area contributed by atoms with Crippen molar-refractivity contribution in [3.05, 3.63) is 11.8 Å². The average Bonchev–Trinajstić information content (AvgIpc) is 2.77. The SMILES string of the molecule is CS(=O)(=O)N1CCC(c2nnc(C(F)(F)F)o2)CC1. The predicted molar refractivity (Wildman–Crippen MR) is 57.7 cm³/mol. The van der Waals surface area contributed by atoms with E-state index in [-0.39, 0.29) is 24.9 Å². The second kappa shape index (κ2) is 4.75. The first kappa shape index (κ1) is 14.3. The lowest BCUT2D eigenvalue weighted by molar-refractivity contribution is -0.157. The van der Waals surface area contributed by atoms with Gasteiger partial charge in [0.1, 0.15) is 0 Å². The smallest absolute Gasteiger partial charge is 0.417 e. The molecule has 1 aromatic heterocycles. The minimum Gasteiger partial charge on any atom is -0.417 e. The zero-order valence-corrected chi connectivity index (χ0v) is 10.8. The molecule has 0 saturated carbocycles. The largest absolute Gasteiger partial charge is 0.470 e. The summed E-state index contributed by atoms with van der Waals surface area (Å²) in [6.07, 6.45) is -2.82. The summed E-state index contributed by atoms with van der Waals surface area (Å²) < 4.78 is 65.4. The summed E-state index contributed by atoms with van der Waals surface area (Å²) in [5.74, 6) is -1.78. The van der Waals surface area contributed by atoms with E-state index >= 15 is 0 Å².